The zero-order valence-corrected chi connectivity index (χ0v) is 13.1. The lowest BCUT2D eigenvalue weighted by atomic mass is 10.1. The molecule has 0 unspecified atom stereocenters. The van der Waals surface area contributed by atoms with Crippen molar-refractivity contribution in [2.75, 3.05) is 6.61 Å². The average molecular weight is 264 g/mol. The quantitative estimate of drug-likeness (QED) is 0.830. The van der Waals surface area contributed by atoms with Gasteiger partial charge in [0.05, 0.1) is 6.61 Å². The van der Waals surface area contributed by atoms with E-state index >= 15 is 0 Å². The Morgan fingerprint density at radius 1 is 1.33 bits per heavy atom. The second kappa shape index (κ2) is 5.29. The molecule has 0 saturated heterocycles. The Hall–Kier alpha value is -1.06. The molecule has 0 amide bonds. The van der Waals surface area contributed by atoms with E-state index in [2.05, 4.69) is 40.4 Å². The summed E-state index contributed by atoms with van der Waals surface area (Å²) in [5.74, 6) is 0.869. The van der Waals surface area contributed by atoms with Gasteiger partial charge in [0.2, 0.25) is 8.32 Å². The largest absolute Gasteiger partial charge is 0.543 e. The summed E-state index contributed by atoms with van der Waals surface area (Å²) in [5, 5.41) is 9.29. The molecule has 1 N–H and O–H groups in total. The van der Waals surface area contributed by atoms with Crippen LogP contribution in [0, 0.1) is 0 Å². The van der Waals surface area contributed by atoms with Gasteiger partial charge in [0.1, 0.15) is 5.75 Å². The number of rotatable bonds is 4. The first-order valence-corrected chi connectivity index (χ1v) is 9.16. The van der Waals surface area contributed by atoms with E-state index in [1.807, 2.05) is 24.3 Å². The van der Waals surface area contributed by atoms with Gasteiger partial charge in [-0.1, -0.05) is 39.5 Å². The van der Waals surface area contributed by atoms with Gasteiger partial charge in [-0.05, 0) is 41.4 Å². The molecular formula is C15H24O2Si. The number of hydrogen-bond acceptors (Lipinski definition) is 2. The summed E-state index contributed by atoms with van der Waals surface area (Å²) in [6.45, 7) is 14.9. The predicted octanol–water partition coefficient (Wildman–Crippen LogP) is 4.08. The summed E-state index contributed by atoms with van der Waals surface area (Å²) in [6.07, 6.45) is 0. The first-order valence-electron chi connectivity index (χ1n) is 6.25. The van der Waals surface area contributed by atoms with Gasteiger partial charge in [-0.25, -0.2) is 0 Å². The molecule has 0 heterocycles. The van der Waals surface area contributed by atoms with Crippen LogP contribution in [0.1, 0.15) is 26.3 Å². The molecule has 0 bridgehead atoms. The van der Waals surface area contributed by atoms with Crippen LogP contribution in [0.15, 0.2) is 30.8 Å². The van der Waals surface area contributed by atoms with Gasteiger partial charge in [-0.2, -0.15) is 0 Å². The summed E-state index contributed by atoms with van der Waals surface area (Å²) in [4.78, 5) is 0. The maximum absolute atomic E-state index is 9.11. The van der Waals surface area contributed by atoms with Crippen LogP contribution in [-0.4, -0.2) is 20.0 Å². The number of benzene rings is 1. The van der Waals surface area contributed by atoms with Crippen LogP contribution in [0.5, 0.6) is 5.75 Å². The van der Waals surface area contributed by atoms with E-state index in [1.54, 1.807) is 0 Å². The second-order valence-corrected chi connectivity index (χ2v) is 10.9. The molecule has 0 aliphatic rings. The van der Waals surface area contributed by atoms with E-state index in [9.17, 15) is 0 Å². The molecule has 2 nitrogen and oxygen atoms in total. The summed E-state index contributed by atoms with van der Waals surface area (Å²) < 4.78 is 6.22. The fourth-order valence-electron chi connectivity index (χ4n) is 1.32. The Labute approximate surface area is 111 Å². The lowest BCUT2D eigenvalue weighted by Gasteiger charge is -2.36. The summed E-state index contributed by atoms with van der Waals surface area (Å²) >= 11 is 0. The van der Waals surface area contributed by atoms with Crippen LogP contribution >= 0.6 is 0 Å². The standard InChI is InChI=1S/C15H24O2Si/c1-12(11-16)13-8-7-9-14(10-13)17-18(5,6)15(2,3)4/h7-10,16H,1,11H2,2-6H3. The zero-order chi connectivity index (χ0) is 14.0. The molecule has 100 valence electrons. The Morgan fingerprint density at radius 3 is 2.44 bits per heavy atom. The number of aliphatic hydroxyl groups is 1. The van der Waals surface area contributed by atoms with Crippen molar-refractivity contribution in [2.24, 2.45) is 0 Å². The van der Waals surface area contributed by atoms with Crippen molar-refractivity contribution < 1.29 is 9.53 Å². The minimum absolute atomic E-state index is 0.0243. The van der Waals surface area contributed by atoms with Crippen LogP contribution < -0.4 is 4.43 Å². The molecule has 18 heavy (non-hydrogen) atoms. The highest BCUT2D eigenvalue weighted by atomic mass is 28.4. The maximum atomic E-state index is 9.11. The highest BCUT2D eigenvalue weighted by Crippen LogP contribution is 2.37. The van der Waals surface area contributed by atoms with Crippen LogP contribution in [0.25, 0.3) is 5.57 Å². The van der Waals surface area contributed by atoms with Crippen molar-refractivity contribution in [3.8, 4) is 5.75 Å². The topological polar surface area (TPSA) is 29.5 Å². The Bertz CT molecular complexity index is 430. The smallest absolute Gasteiger partial charge is 0.250 e. The Morgan fingerprint density at radius 2 is 1.94 bits per heavy atom. The molecule has 0 atom stereocenters. The third-order valence-corrected chi connectivity index (χ3v) is 7.97. The third kappa shape index (κ3) is 3.46. The van der Waals surface area contributed by atoms with E-state index in [0.717, 1.165) is 16.9 Å². The minimum atomic E-state index is -1.81. The van der Waals surface area contributed by atoms with Crippen LogP contribution in [0.3, 0.4) is 0 Å². The van der Waals surface area contributed by atoms with Gasteiger partial charge < -0.3 is 9.53 Å². The van der Waals surface area contributed by atoms with Gasteiger partial charge in [-0.3, -0.25) is 0 Å². The minimum Gasteiger partial charge on any atom is -0.543 e. The first-order chi connectivity index (χ1) is 8.17. The molecule has 0 saturated carbocycles. The van der Waals surface area contributed by atoms with Crippen LogP contribution in [0.4, 0.5) is 0 Å². The molecule has 0 spiro atoms. The molecule has 1 aromatic rings. The Balaban J connectivity index is 2.96. The molecule has 1 rings (SSSR count). The van der Waals surface area contributed by atoms with Crippen molar-refractivity contribution in [2.45, 2.75) is 38.9 Å². The molecule has 0 radical (unpaired) electrons. The monoisotopic (exact) mass is 264 g/mol. The average Bonchev–Trinajstić information content (AvgIpc) is 2.26. The molecule has 1 aromatic carbocycles. The van der Waals surface area contributed by atoms with Crippen molar-refractivity contribution in [3.63, 3.8) is 0 Å². The molecule has 0 aliphatic carbocycles. The summed E-state index contributed by atoms with van der Waals surface area (Å²) in [7, 11) is -1.81. The van der Waals surface area contributed by atoms with Crippen LogP contribution in [-0.2, 0) is 0 Å². The number of aliphatic hydroxyl groups excluding tert-OH is 1. The lowest BCUT2D eigenvalue weighted by Crippen LogP contribution is -2.43. The zero-order valence-electron chi connectivity index (χ0n) is 12.1. The van der Waals surface area contributed by atoms with Crippen molar-refractivity contribution >= 4 is 13.9 Å². The summed E-state index contributed by atoms with van der Waals surface area (Å²) in [6, 6.07) is 7.81. The van der Waals surface area contributed by atoms with Gasteiger partial charge in [-0.15, -0.1) is 0 Å². The normalized spacial score (nSPS) is 12.3. The van der Waals surface area contributed by atoms with Crippen molar-refractivity contribution in [3.05, 3.63) is 36.4 Å². The van der Waals surface area contributed by atoms with Gasteiger partial charge in [0.25, 0.3) is 0 Å². The fourth-order valence-corrected chi connectivity index (χ4v) is 2.34. The molecule has 0 aromatic heterocycles. The van der Waals surface area contributed by atoms with E-state index in [4.69, 9.17) is 9.53 Å². The van der Waals surface area contributed by atoms with Crippen molar-refractivity contribution in [1.82, 2.24) is 0 Å². The van der Waals surface area contributed by atoms with E-state index in [-0.39, 0.29) is 11.6 Å². The fraction of sp³-hybridized carbons (Fsp3) is 0.467. The lowest BCUT2D eigenvalue weighted by molar-refractivity contribution is 0.350. The third-order valence-electron chi connectivity index (χ3n) is 3.61. The van der Waals surface area contributed by atoms with Gasteiger partial charge in [0, 0.05) is 0 Å². The highest BCUT2D eigenvalue weighted by Gasteiger charge is 2.38. The van der Waals surface area contributed by atoms with E-state index in [1.165, 1.54) is 0 Å². The van der Waals surface area contributed by atoms with Crippen molar-refractivity contribution in [1.29, 1.82) is 0 Å². The highest BCUT2D eigenvalue weighted by molar-refractivity contribution is 6.74. The summed E-state index contributed by atoms with van der Waals surface area (Å²) in [5.41, 5.74) is 1.66. The van der Waals surface area contributed by atoms with Gasteiger partial charge >= 0.3 is 0 Å². The predicted molar refractivity (Wildman–Crippen MR) is 80.4 cm³/mol. The van der Waals surface area contributed by atoms with E-state index in [0.29, 0.717) is 0 Å². The molecule has 0 aliphatic heterocycles. The van der Waals surface area contributed by atoms with Gasteiger partial charge in [0.15, 0.2) is 0 Å². The molecule has 0 fully saturated rings. The SMILES string of the molecule is C=C(CO)c1cccc(O[Si](C)(C)C(C)(C)C)c1. The Kier molecular flexibility index (Phi) is 4.40. The maximum Gasteiger partial charge on any atom is 0.250 e. The molecule has 3 heteroatoms. The first kappa shape index (κ1) is 15.0. The molecular weight excluding hydrogens is 240 g/mol. The van der Waals surface area contributed by atoms with E-state index < -0.39 is 8.32 Å². The number of hydrogen-bond donors (Lipinski definition) is 1. The van der Waals surface area contributed by atoms with Crippen LogP contribution in [0.2, 0.25) is 18.1 Å². The second-order valence-electron chi connectivity index (χ2n) is 6.15.